The van der Waals surface area contributed by atoms with Crippen molar-refractivity contribution < 1.29 is 20.1 Å². The number of nitrogens with one attached hydrogen (secondary N) is 1. The quantitative estimate of drug-likeness (QED) is 0.395. The van der Waals surface area contributed by atoms with Crippen molar-refractivity contribution in [2.75, 3.05) is 26.4 Å². The third-order valence-electron chi connectivity index (χ3n) is 3.83. The lowest BCUT2D eigenvalue weighted by Crippen LogP contribution is -2.34. The summed E-state index contributed by atoms with van der Waals surface area (Å²) >= 11 is 0. The van der Waals surface area contributed by atoms with E-state index in [0.29, 0.717) is 18.9 Å². The van der Waals surface area contributed by atoms with Crippen LogP contribution in [-0.4, -0.2) is 47.7 Å². The smallest absolute Gasteiger partial charge is 0.160 e. The van der Waals surface area contributed by atoms with E-state index in [-0.39, 0.29) is 25.0 Å². The zero-order valence-corrected chi connectivity index (χ0v) is 13.9. The monoisotopic (exact) mass is 325 g/mol. The van der Waals surface area contributed by atoms with Crippen LogP contribution in [0, 0.1) is 0 Å². The van der Waals surface area contributed by atoms with E-state index in [1.807, 2.05) is 6.07 Å². The van der Waals surface area contributed by atoms with Gasteiger partial charge in [-0.15, -0.1) is 0 Å². The van der Waals surface area contributed by atoms with Crippen molar-refractivity contribution in [2.45, 2.75) is 51.0 Å². The Morgan fingerprint density at radius 2 is 1.65 bits per heavy atom. The fourth-order valence-electron chi connectivity index (χ4n) is 2.49. The third kappa shape index (κ3) is 9.43. The van der Waals surface area contributed by atoms with E-state index in [1.165, 1.54) is 12.8 Å². The summed E-state index contributed by atoms with van der Waals surface area (Å²) in [5, 5.41) is 30.6. The summed E-state index contributed by atoms with van der Waals surface area (Å²) in [6, 6.07) is 7.14. The van der Waals surface area contributed by atoms with Gasteiger partial charge in [0.1, 0.15) is 0 Å². The van der Waals surface area contributed by atoms with Crippen LogP contribution in [0.5, 0.6) is 11.5 Å². The number of aromatic hydroxyl groups is 1. The molecular formula is C18H31NO4. The number of para-hydroxylation sites is 2. The Morgan fingerprint density at radius 3 is 2.35 bits per heavy atom. The maximum atomic E-state index is 9.57. The van der Waals surface area contributed by atoms with Gasteiger partial charge in [-0.2, -0.15) is 0 Å². The largest absolute Gasteiger partial charge is 0.504 e. The molecule has 0 fully saturated rings. The van der Waals surface area contributed by atoms with Crippen molar-refractivity contribution in [1.82, 2.24) is 5.32 Å². The number of rotatable bonds is 14. The number of unbranched alkanes of at least 4 members (excludes halogenated alkanes) is 5. The van der Waals surface area contributed by atoms with E-state index in [2.05, 4.69) is 5.32 Å². The van der Waals surface area contributed by atoms with E-state index in [1.54, 1.807) is 18.2 Å². The number of phenols is 1. The highest BCUT2D eigenvalue weighted by molar-refractivity contribution is 5.37. The second-order valence-corrected chi connectivity index (χ2v) is 5.78. The molecule has 0 radical (unpaired) electrons. The summed E-state index contributed by atoms with van der Waals surface area (Å²) in [4.78, 5) is 0. The molecule has 132 valence electrons. The standard InChI is InChI=1S/C18H31NO4/c20-13-12-19-16(15-21)9-5-3-1-2-4-8-14-23-18-11-7-6-10-17(18)22/h6-7,10-11,16,19-22H,1-5,8-9,12-15H2. The molecule has 0 saturated heterocycles. The molecule has 1 atom stereocenters. The average Bonchev–Trinajstić information content (AvgIpc) is 2.57. The van der Waals surface area contributed by atoms with Gasteiger partial charge in [-0.05, 0) is 25.0 Å². The van der Waals surface area contributed by atoms with Gasteiger partial charge in [-0.1, -0.05) is 44.2 Å². The van der Waals surface area contributed by atoms with Gasteiger partial charge in [0.25, 0.3) is 0 Å². The van der Waals surface area contributed by atoms with Crippen molar-refractivity contribution in [3.63, 3.8) is 0 Å². The van der Waals surface area contributed by atoms with Crippen LogP contribution in [0.1, 0.15) is 44.9 Å². The SMILES string of the molecule is OCCNC(CO)CCCCCCCCOc1ccccc1O. The molecule has 0 spiro atoms. The Kier molecular flexibility index (Phi) is 11.3. The van der Waals surface area contributed by atoms with Crippen molar-refractivity contribution in [3.05, 3.63) is 24.3 Å². The predicted octanol–water partition coefficient (Wildman–Crippen LogP) is 2.44. The Hall–Kier alpha value is -1.30. The van der Waals surface area contributed by atoms with Crippen LogP contribution in [0.25, 0.3) is 0 Å². The third-order valence-corrected chi connectivity index (χ3v) is 3.83. The molecule has 0 bridgehead atoms. The van der Waals surface area contributed by atoms with Crippen LogP contribution in [0.4, 0.5) is 0 Å². The average molecular weight is 325 g/mol. The fraction of sp³-hybridized carbons (Fsp3) is 0.667. The Balaban J connectivity index is 1.92. The molecule has 0 aromatic heterocycles. The molecule has 4 N–H and O–H groups in total. The maximum Gasteiger partial charge on any atom is 0.160 e. The summed E-state index contributed by atoms with van der Waals surface area (Å²) in [6.45, 7) is 1.42. The molecular weight excluding hydrogens is 294 g/mol. The summed E-state index contributed by atoms with van der Waals surface area (Å²) in [5.74, 6) is 0.749. The number of ether oxygens (including phenoxy) is 1. The molecule has 0 amide bonds. The minimum absolute atomic E-state index is 0.106. The molecule has 5 nitrogen and oxygen atoms in total. The molecule has 1 aromatic carbocycles. The van der Waals surface area contributed by atoms with Crippen LogP contribution in [0.3, 0.4) is 0 Å². The molecule has 0 aliphatic heterocycles. The van der Waals surface area contributed by atoms with Gasteiger partial charge in [-0.3, -0.25) is 0 Å². The first-order chi connectivity index (χ1) is 11.3. The molecule has 5 heteroatoms. The van der Waals surface area contributed by atoms with E-state index in [9.17, 15) is 10.2 Å². The second-order valence-electron chi connectivity index (χ2n) is 5.78. The van der Waals surface area contributed by atoms with Crippen molar-refractivity contribution in [2.24, 2.45) is 0 Å². The van der Waals surface area contributed by atoms with Crippen LogP contribution >= 0.6 is 0 Å². The molecule has 1 rings (SSSR count). The lowest BCUT2D eigenvalue weighted by atomic mass is 10.1. The van der Waals surface area contributed by atoms with Crippen LogP contribution in [0.15, 0.2) is 24.3 Å². The Bertz CT molecular complexity index is 400. The van der Waals surface area contributed by atoms with E-state index < -0.39 is 0 Å². The number of benzene rings is 1. The van der Waals surface area contributed by atoms with Crippen LogP contribution in [0.2, 0.25) is 0 Å². The number of hydrogen-bond acceptors (Lipinski definition) is 5. The van der Waals surface area contributed by atoms with E-state index in [0.717, 1.165) is 32.1 Å². The molecule has 0 aliphatic carbocycles. The lowest BCUT2D eigenvalue weighted by Gasteiger charge is -2.15. The van der Waals surface area contributed by atoms with Gasteiger partial charge >= 0.3 is 0 Å². The van der Waals surface area contributed by atoms with Gasteiger partial charge in [0.05, 0.1) is 19.8 Å². The van der Waals surface area contributed by atoms with Crippen LogP contribution < -0.4 is 10.1 Å². The highest BCUT2D eigenvalue weighted by Crippen LogP contribution is 2.24. The van der Waals surface area contributed by atoms with Crippen LogP contribution in [-0.2, 0) is 0 Å². The first-order valence-electron chi connectivity index (χ1n) is 8.63. The number of hydrogen-bond donors (Lipinski definition) is 4. The topological polar surface area (TPSA) is 82.0 Å². The summed E-state index contributed by atoms with van der Waals surface area (Å²) in [7, 11) is 0. The summed E-state index contributed by atoms with van der Waals surface area (Å²) in [5.41, 5.74) is 0. The first kappa shape index (κ1) is 19.7. The molecule has 1 unspecified atom stereocenters. The zero-order valence-electron chi connectivity index (χ0n) is 13.9. The molecule has 0 saturated carbocycles. The molecule has 0 heterocycles. The van der Waals surface area contributed by atoms with E-state index in [4.69, 9.17) is 9.84 Å². The summed E-state index contributed by atoms with van der Waals surface area (Å²) in [6.07, 6.45) is 7.70. The zero-order chi connectivity index (χ0) is 16.8. The number of aliphatic hydroxyl groups excluding tert-OH is 2. The van der Waals surface area contributed by atoms with Gasteiger partial charge in [0, 0.05) is 12.6 Å². The fourth-order valence-corrected chi connectivity index (χ4v) is 2.49. The van der Waals surface area contributed by atoms with Gasteiger partial charge < -0.3 is 25.4 Å². The van der Waals surface area contributed by atoms with E-state index >= 15 is 0 Å². The minimum atomic E-state index is 0.106. The maximum absolute atomic E-state index is 9.57. The van der Waals surface area contributed by atoms with Gasteiger partial charge in [0.2, 0.25) is 0 Å². The summed E-state index contributed by atoms with van der Waals surface area (Å²) < 4.78 is 5.54. The normalized spacial score (nSPS) is 12.3. The Labute approximate surface area is 139 Å². The van der Waals surface area contributed by atoms with Crippen molar-refractivity contribution in [3.8, 4) is 11.5 Å². The number of phenolic OH excluding ortho intramolecular Hbond substituents is 1. The molecule has 0 aliphatic rings. The minimum Gasteiger partial charge on any atom is -0.504 e. The lowest BCUT2D eigenvalue weighted by molar-refractivity contribution is 0.217. The highest BCUT2D eigenvalue weighted by atomic mass is 16.5. The predicted molar refractivity (Wildman–Crippen MR) is 91.9 cm³/mol. The van der Waals surface area contributed by atoms with Crippen molar-refractivity contribution >= 4 is 0 Å². The second kappa shape index (κ2) is 13.2. The Morgan fingerprint density at radius 1 is 0.957 bits per heavy atom. The van der Waals surface area contributed by atoms with Gasteiger partial charge in [0.15, 0.2) is 11.5 Å². The first-order valence-corrected chi connectivity index (χ1v) is 8.63. The van der Waals surface area contributed by atoms with Crippen molar-refractivity contribution in [1.29, 1.82) is 0 Å². The van der Waals surface area contributed by atoms with Gasteiger partial charge in [-0.25, -0.2) is 0 Å². The molecule has 1 aromatic rings. The molecule has 23 heavy (non-hydrogen) atoms. The number of aliphatic hydroxyl groups is 2. The highest BCUT2D eigenvalue weighted by Gasteiger charge is 2.05.